The van der Waals surface area contributed by atoms with Crippen LogP contribution in [0.2, 0.25) is 0 Å². The van der Waals surface area contributed by atoms with E-state index in [1.807, 2.05) is 188 Å². The molecule has 0 radical (unpaired) electrons. The molecule has 13 nitrogen and oxygen atoms in total. The van der Waals surface area contributed by atoms with Crippen LogP contribution in [0.3, 0.4) is 0 Å². The highest BCUT2D eigenvalue weighted by atomic mass is 16.4. The average Bonchev–Trinajstić information content (AvgIpc) is 1.60. The Kier molecular flexibility index (Phi) is 20.6. The molecular formula is C104H74B3N7O6. The molecule has 0 saturated heterocycles. The highest BCUT2D eigenvalue weighted by molar-refractivity contribution is 6.60. The predicted octanol–water partition coefficient (Wildman–Crippen LogP) is 20.0. The Bertz CT molecular complexity index is 6470. The van der Waals surface area contributed by atoms with Gasteiger partial charge < -0.3 is 43.8 Å². The highest BCUT2D eigenvalue weighted by Gasteiger charge is 2.23. The third-order valence-electron chi connectivity index (χ3n) is 22.0. The van der Waals surface area contributed by atoms with Gasteiger partial charge in [-0.15, -0.1) is 0 Å². The van der Waals surface area contributed by atoms with Crippen LogP contribution in [0, 0.1) is 0 Å². The van der Waals surface area contributed by atoms with Crippen LogP contribution in [0.15, 0.2) is 413 Å². The van der Waals surface area contributed by atoms with Gasteiger partial charge in [0.05, 0.1) is 67.3 Å². The van der Waals surface area contributed by atoms with E-state index in [9.17, 15) is 30.1 Å². The second kappa shape index (κ2) is 33.0. The molecule has 6 aromatic heterocycles. The smallest absolute Gasteiger partial charge is 0.423 e. The monoisotopic (exact) mass is 1550 g/mol. The van der Waals surface area contributed by atoms with Crippen molar-refractivity contribution in [3.8, 4) is 118 Å². The largest absolute Gasteiger partial charge is 0.488 e. The van der Waals surface area contributed by atoms with Gasteiger partial charge in [0.25, 0.3) is 0 Å². The minimum absolute atomic E-state index is 0.444. The third-order valence-corrected chi connectivity index (χ3v) is 22.0. The summed E-state index contributed by atoms with van der Waals surface area (Å²) in [6.45, 7) is 0. The van der Waals surface area contributed by atoms with Gasteiger partial charge in [-0.05, 0) is 142 Å². The molecule has 120 heavy (non-hydrogen) atoms. The summed E-state index contributed by atoms with van der Waals surface area (Å²) >= 11 is 0. The fourth-order valence-corrected chi connectivity index (χ4v) is 16.2. The molecule has 570 valence electrons. The minimum Gasteiger partial charge on any atom is -0.423 e. The fraction of sp³-hybridized carbons (Fsp3) is 0. The van der Waals surface area contributed by atoms with Crippen LogP contribution in [-0.2, 0) is 0 Å². The lowest BCUT2D eigenvalue weighted by Crippen LogP contribution is -2.29. The van der Waals surface area contributed by atoms with Gasteiger partial charge in [-0.1, -0.05) is 309 Å². The number of rotatable bonds is 15. The quantitative estimate of drug-likeness (QED) is 0.0539. The number of aromatic nitrogens is 7. The van der Waals surface area contributed by atoms with Gasteiger partial charge in [0, 0.05) is 88.3 Å². The predicted molar refractivity (Wildman–Crippen MR) is 492 cm³/mol. The number of hydrogen-bond acceptors (Lipinski definition) is 10. The Hall–Kier alpha value is -15.0. The van der Waals surface area contributed by atoms with Crippen LogP contribution >= 0.6 is 0 Å². The van der Waals surface area contributed by atoms with Crippen LogP contribution in [0.5, 0.6) is 0 Å². The van der Waals surface area contributed by atoms with Crippen molar-refractivity contribution < 1.29 is 30.1 Å². The van der Waals surface area contributed by atoms with Crippen molar-refractivity contribution >= 4 is 103 Å². The van der Waals surface area contributed by atoms with Crippen molar-refractivity contribution in [1.29, 1.82) is 0 Å². The zero-order valence-corrected chi connectivity index (χ0v) is 64.8. The van der Waals surface area contributed by atoms with Crippen LogP contribution in [0.1, 0.15) is 0 Å². The number of fused-ring (bicyclic) bond motifs is 9. The van der Waals surface area contributed by atoms with Crippen molar-refractivity contribution in [2.45, 2.75) is 0 Å². The van der Waals surface area contributed by atoms with Crippen molar-refractivity contribution in [1.82, 2.24) is 33.6 Å². The summed E-state index contributed by atoms with van der Waals surface area (Å²) in [5.74, 6) is 0.634. The average molecular weight is 1550 g/mol. The van der Waals surface area contributed by atoms with E-state index in [-0.39, 0.29) is 0 Å². The van der Waals surface area contributed by atoms with Gasteiger partial charge in [0.15, 0.2) is 5.82 Å². The molecule has 21 aromatic rings. The summed E-state index contributed by atoms with van der Waals surface area (Å²) < 4.78 is 6.52. The van der Waals surface area contributed by atoms with Crippen LogP contribution in [-0.4, -0.2) is 85.1 Å². The minimum atomic E-state index is -1.55. The number of pyridine rings is 2. The lowest BCUT2D eigenvalue weighted by molar-refractivity contribution is 0.424. The lowest BCUT2D eigenvalue weighted by Gasteiger charge is -2.13. The molecule has 6 heterocycles. The van der Waals surface area contributed by atoms with Gasteiger partial charge in [-0.2, -0.15) is 0 Å². The Morgan fingerprint density at radius 3 is 0.758 bits per heavy atom. The van der Waals surface area contributed by atoms with E-state index >= 15 is 0 Å². The molecule has 0 saturated carbocycles. The first-order valence-corrected chi connectivity index (χ1v) is 39.7. The molecule has 21 rings (SSSR count). The summed E-state index contributed by atoms with van der Waals surface area (Å²) in [6, 6.07) is 139. The van der Waals surface area contributed by atoms with Crippen molar-refractivity contribution in [3.63, 3.8) is 0 Å². The van der Waals surface area contributed by atoms with Crippen LogP contribution < -0.4 is 16.4 Å². The van der Waals surface area contributed by atoms with E-state index in [4.69, 9.17) is 19.9 Å². The Morgan fingerprint density at radius 2 is 0.417 bits per heavy atom. The van der Waals surface area contributed by atoms with Crippen LogP contribution in [0.25, 0.3) is 184 Å². The van der Waals surface area contributed by atoms with Crippen molar-refractivity contribution in [3.05, 3.63) is 413 Å². The third kappa shape index (κ3) is 15.0. The first kappa shape index (κ1) is 75.1. The summed E-state index contributed by atoms with van der Waals surface area (Å²) in [4.78, 5) is 20.1. The van der Waals surface area contributed by atoms with Gasteiger partial charge in [-0.25, -0.2) is 19.9 Å². The molecule has 0 aliphatic carbocycles. The van der Waals surface area contributed by atoms with E-state index in [0.29, 0.717) is 22.2 Å². The first-order chi connectivity index (χ1) is 59.0. The summed E-state index contributed by atoms with van der Waals surface area (Å²) in [7, 11) is -4.62. The lowest BCUT2D eigenvalue weighted by atomic mass is 9.80. The fourth-order valence-electron chi connectivity index (χ4n) is 16.2. The maximum absolute atomic E-state index is 9.89. The molecule has 6 N–H and O–H groups in total. The van der Waals surface area contributed by atoms with E-state index in [1.54, 1.807) is 18.2 Å². The highest BCUT2D eigenvalue weighted by Crippen LogP contribution is 2.40. The maximum Gasteiger partial charge on any atom is 0.488 e. The molecule has 0 atom stereocenters. The second-order valence-corrected chi connectivity index (χ2v) is 29.6. The molecule has 16 heteroatoms. The van der Waals surface area contributed by atoms with Gasteiger partial charge in [0.1, 0.15) is 0 Å². The Labute approximate surface area is 693 Å². The van der Waals surface area contributed by atoms with Crippen molar-refractivity contribution in [2.24, 2.45) is 0 Å². The summed E-state index contributed by atoms with van der Waals surface area (Å²) in [5.41, 5.74) is 27.0. The molecule has 0 aliphatic heterocycles. The van der Waals surface area contributed by atoms with E-state index < -0.39 is 21.4 Å². The topological polar surface area (TPSA) is 188 Å². The molecule has 0 unspecified atom stereocenters. The SMILES string of the molecule is OB(O)c1ccc2c3ccccc3n(-c3cccc(-c4cc(-c5ccccc5)cc(-c5ccccc5)n4)c3)c2c1.OB(O)c1ccc2c3ccccc3n(-c3cccc(-c4cc(-c5ccccc5)nc(-c5ccccc5)c4)c3)c2c1.OB(O)c1ccc2c3ccccc3n(-c3cccc(-c4nc(-c5ccccc5)cc(-c5ccccc5)n4)c3)c2c1. The Morgan fingerprint density at radius 1 is 0.167 bits per heavy atom. The van der Waals surface area contributed by atoms with E-state index in [1.165, 1.54) is 0 Å². The summed E-state index contributed by atoms with van der Waals surface area (Å²) in [5, 5.41) is 65.8. The van der Waals surface area contributed by atoms with Crippen LogP contribution in [0.4, 0.5) is 0 Å². The van der Waals surface area contributed by atoms with E-state index in [0.717, 1.165) is 178 Å². The molecular weight excluding hydrogens is 1480 g/mol. The second-order valence-electron chi connectivity index (χ2n) is 29.6. The van der Waals surface area contributed by atoms with Crippen molar-refractivity contribution in [2.75, 3.05) is 0 Å². The van der Waals surface area contributed by atoms with Gasteiger partial charge in [-0.3, -0.25) is 0 Å². The standard InChI is InChI=1S/2C35H25BN2O2.C34H24BN3O2/c39-36(40)28-18-19-31-30-16-7-8-17-34(30)38(35(31)23-28)29-15-9-14-26(20-29)27-21-32(24-10-3-1-4-11-24)37-33(22-27)25-12-5-2-6-13-25;39-36(40)28-18-19-31-30-16-7-8-17-34(30)38(35(31)23-28)29-15-9-14-26(20-29)33-22-27(24-10-3-1-4-11-24)21-32(37-33)25-12-5-2-6-13-25;39-35(40)26-18-19-29-28-16-7-8-17-32(28)38(33(29)21-26)27-15-9-14-25(20-27)34-36-30(23-10-3-1-4-11-23)22-31(37-34)24-12-5-2-6-13-24/h2*1-23,39-40H;1-22,39-40H. The molecule has 0 aliphatic rings. The molecule has 15 aromatic carbocycles. The number of hydrogen-bond donors (Lipinski definition) is 6. The number of benzene rings is 15. The first-order valence-electron chi connectivity index (χ1n) is 39.7. The molecule has 0 fully saturated rings. The number of nitrogens with zero attached hydrogens (tertiary/aromatic N) is 7. The molecule has 0 bridgehead atoms. The molecule has 0 spiro atoms. The zero-order valence-electron chi connectivity index (χ0n) is 64.8. The zero-order chi connectivity index (χ0) is 81.2. The number of para-hydroxylation sites is 3. The van der Waals surface area contributed by atoms with Gasteiger partial charge >= 0.3 is 21.4 Å². The molecule has 0 amide bonds. The maximum atomic E-state index is 9.89. The summed E-state index contributed by atoms with van der Waals surface area (Å²) in [6.07, 6.45) is 0. The Balaban J connectivity index is 0.000000119. The van der Waals surface area contributed by atoms with E-state index in [2.05, 4.69) is 220 Å². The van der Waals surface area contributed by atoms with Gasteiger partial charge in [0.2, 0.25) is 0 Å². The normalized spacial score (nSPS) is 11.2.